The van der Waals surface area contributed by atoms with Crippen LogP contribution in [-0.2, 0) is 24.1 Å². The summed E-state index contributed by atoms with van der Waals surface area (Å²) in [6, 6.07) is 5.87. The number of hydrogen-bond acceptors (Lipinski definition) is 5. The standard InChI is InChI=1S/C11H12O5S2/c1-3-8-16-18(14,15)9-17(12,13)11-6-4-10(2)5-7-11/h1,4-7H,8-9H2,2H3. The van der Waals surface area contributed by atoms with E-state index in [0.717, 1.165) is 5.56 Å². The molecular weight excluding hydrogens is 276 g/mol. The van der Waals surface area contributed by atoms with Crippen LogP contribution in [-0.4, -0.2) is 28.5 Å². The van der Waals surface area contributed by atoms with E-state index < -0.39 is 31.6 Å². The molecule has 0 N–H and O–H groups in total. The Balaban J connectivity index is 2.96. The van der Waals surface area contributed by atoms with E-state index in [1.165, 1.54) is 12.1 Å². The van der Waals surface area contributed by atoms with Gasteiger partial charge in [0.2, 0.25) is 0 Å². The lowest BCUT2D eigenvalue weighted by Gasteiger charge is -2.05. The molecule has 1 aromatic rings. The van der Waals surface area contributed by atoms with E-state index in [0.29, 0.717) is 0 Å². The van der Waals surface area contributed by atoms with Gasteiger partial charge in [-0.3, -0.25) is 4.18 Å². The Hall–Kier alpha value is -1.36. The molecule has 0 saturated heterocycles. The zero-order chi connectivity index (χ0) is 13.8. The van der Waals surface area contributed by atoms with Gasteiger partial charge in [-0.2, -0.15) is 8.42 Å². The Bertz CT molecular complexity index is 648. The lowest BCUT2D eigenvalue weighted by Crippen LogP contribution is -2.19. The molecule has 0 aliphatic rings. The van der Waals surface area contributed by atoms with Gasteiger partial charge in [0.05, 0.1) is 4.90 Å². The Morgan fingerprint density at radius 3 is 2.22 bits per heavy atom. The zero-order valence-corrected chi connectivity index (χ0v) is 11.3. The second kappa shape index (κ2) is 5.52. The summed E-state index contributed by atoms with van der Waals surface area (Å²) in [4.78, 5) is -0.0685. The predicted molar refractivity (Wildman–Crippen MR) is 66.9 cm³/mol. The van der Waals surface area contributed by atoms with Crippen molar-refractivity contribution in [3.05, 3.63) is 29.8 Å². The van der Waals surface area contributed by atoms with Gasteiger partial charge >= 0.3 is 0 Å². The SMILES string of the molecule is C#CCOS(=O)(=O)CS(=O)(=O)c1ccc(C)cc1. The molecule has 0 saturated carbocycles. The Kier molecular flexibility index (Phi) is 4.51. The van der Waals surface area contributed by atoms with E-state index in [9.17, 15) is 16.8 Å². The molecule has 0 atom stereocenters. The molecule has 0 aliphatic heterocycles. The van der Waals surface area contributed by atoms with Crippen molar-refractivity contribution in [2.24, 2.45) is 0 Å². The van der Waals surface area contributed by atoms with E-state index in [-0.39, 0.29) is 4.90 Å². The van der Waals surface area contributed by atoms with Gasteiger partial charge in [-0.15, -0.1) is 6.42 Å². The van der Waals surface area contributed by atoms with Crippen LogP contribution in [0.25, 0.3) is 0 Å². The fourth-order valence-electron chi connectivity index (χ4n) is 1.16. The third-order valence-electron chi connectivity index (χ3n) is 2.00. The Morgan fingerprint density at radius 1 is 1.17 bits per heavy atom. The molecule has 1 aromatic carbocycles. The molecule has 5 nitrogen and oxygen atoms in total. The van der Waals surface area contributed by atoms with Crippen molar-refractivity contribution in [3.63, 3.8) is 0 Å². The summed E-state index contributed by atoms with van der Waals surface area (Å²) in [5, 5.41) is -1.12. The minimum atomic E-state index is -4.19. The first-order valence-electron chi connectivity index (χ1n) is 4.87. The third-order valence-corrected chi connectivity index (χ3v) is 5.86. The quantitative estimate of drug-likeness (QED) is 0.589. The van der Waals surface area contributed by atoms with Gasteiger partial charge in [-0.25, -0.2) is 8.42 Å². The van der Waals surface area contributed by atoms with Crippen LogP contribution in [0.15, 0.2) is 29.2 Å². The van der Waals surface area contributed by atoms with Gasteiger partial charge in [0.15, 0.2) is 14.9 Å². The monoisotopic (exact) mass is 288 g/mol. The largest absolute Gasteiger partial charge is 0.283 e. The van der Waals surface area contributed by atoms with Gasteiger partial charge < -0.3 is 0 Å². The minimum absolute atomic E-state index is 0.0685. The molecule has 0 fully saturated rings. The molecule has 18 heavy (non-hydrogen) atoms. The predicted octanol–water partition coefficient (Wildman–Crippen LogP) is 0.706. The summed E-state index contributed by atoms with van der Waals surface area (Å²) >= 11 is 0. The molecule has 0 heterocycles. The van der Waals surface area contributed by atoms with E-state index in [1.807, 2.05) is 5.92 Å². The third kappa shape index (κ3) is 4.14. The van der Waals surface area contributed by atoms with Crippen LogP contribution in [0.2, 0.25) is 0 Å². The lowest BCUT2D eigenvalue weighted by molar-refractivity contribution is 0.366. The zero-order valence-electron chi connectivity index (χ0n) is 9.66. The number of benzene rings is 1. The second-order valence-corrected chi connectivity index (χ2v) is 7.56. The lowest BCUT2D eigenvalue weighted by atomic mass is 10.2. The maximum Gasteiger partial charge on any atom is 0.283 e. The van der Waals surface area contributed by atoms with Crippen molar-refractivity contribution in [2.75, 3.05) is 11.7 Å². The molecule has 0 aliphatic carbocycles. The Morgan fingerprint density at radius 2 is 1.72 bits per heavy atom. The number of rotatable bonds is 5. The van der Waals surface area contributed by atoms with Crippen molar-refractivity contribution >= 4 is 20.0 Å². The van der Waals surface area contributed by atoms with Crippen molar-refractivity contribution in [2.45, 2.75) is 11.8 Å². The molecule has 7 heteroatoms. The molecule has 0 spiro atoms. The van der Waals surface area contributed by atoms with Crippen LogP contribution in [0.4, 0.5) is 0 Å². The molecular formula is C11H12O5S2. The number of sulfone groups is 1. The van der Waals surface area contributed by atoms with E-state index in [4.69, 9.17) is 6.42 Å². The average Bonchev–Trinajstić information content (AvgIpc) is 2.25. The van der Waals surface area contributed by atoms with Gasteiger partial charge in [0.1, 0.15) is 6.61 Å². The second-order valence-electron chi connectivity index (χ2n) is 3.57. The van der Waals surface area contributed by atoms with Crippen molar-refractivity contribution in [1.29, 1.82) is 0 Å². The maximum atomic E-state index is 11.8. The highest BCUT2D eigenvalue weighted by Gasteiger charge is 2.24. The highest BCUT2D eigenvalue weighted by molar-refractivity contribution is 8.06. The molecule has 0 radical (unpaired) electrons. The van der Waals surface area contributed by atoms with Crippen molar-refractivity contribution < 1.29 is 21.0 Å². The van der Waals surface area contributed by atoms with E-state index in [1.54, 1.807) is 19.1 Å². The summed E-state index contributed by atoms with van der Waals surface area (Å²) < 4.78 is 50.6. The number of hydrogen-bond donors (Lipinski definition) is 0. The van der Waals surface area contributed by atoms with Gasteiger partial charge in [-0.1, -0.05) is 23.6 Å². The van der Waals surface area contributed by atoms with Gasteiger partial charge in [0, 0.05) is 0 Å². The summed E-state index contributed by atoms with van der Waals surface area (Å²) in [5.41, 5.74) is 0.875. The van der Waals surface area contributed by atoms with Crippen molar-refractivity contribution in [3.8, 4) is 12.3 Å². The van der Waals surface area contributed by atoms with Crippen LogP contribution in [0.5, 0.6) is 0 Å². The summed E-state index contributed by atoms with van der Waals surface area (Å²) in [6.07, 6.45) is 4.84. The molecule has 0 bridgehead atoms. The van der Waals surface area contributed by atoms with Gasteiger partial charge in [-0.05, 0) is 19.1 Å². The Labute approximate surface area is 107 Å². The van der Waals surface area contributed by atoms with Crippen LogP contribution in [0.3, 0.4) is 0 Å². The van der Waals surface area contributed by atoms with Crippen LogP contribution in [0.1, 0.15) is 5.56 Å². The molecule has 0 unspecified atom stereocenters. The first-order valence-corrected chi connectivity index (χ1v) is 8.10. The van der Waals surface area contributed by atoms with E-state index in [2.05, 4.69) is 4.18 Å². The molecule has 1 rings (SSSR count). The highest BCUT2D eigenvalue weighted by Crippen LogP contribution is 2.14. The average molecular weight is 288 g/mol. The molecule has 0 amide bonds. The van der Waals surface area contributed by atoms with Crippen LogP contribution < -0.4 is 0 Å². The van der Waals surface area contributed by atoms with Crippen LogP contribution >= 0.6 is 0 Å². The summed E-state index contributed by atoms with van der Waals surface area (Å²) in [7, 11) is -8.14. The smallest absolute Gasteiger partial charge is 0.256 e. The van der Waals surface area contributed by atoms with Crippen molar-refractivity contribution in [1.82, 2.24) is 0 Å². The topological polar surface area (TPSA) is 77.5 Å². The van der Waals surface area contributed by atoms with Gasteiger partial charge in [0.25, 0.3) is 10.1 Å². The first-order chi connectivity index (χ1) is 8.27. The van der Waals surface area contributed by atoms with Crippen LogP contribution in [0, 0.1) is 19.3 Å². The number of aryl methyl sites for hydroxylation is 1. The highest BCUT2D eigenvalue weighted by atomic mass is 32.3. The minimum Gasteiger partial charge on any atom is -0.256 e. The molecule has 0 aromatic heterocycles. The first kappa shape index (κ1) is 14.7. The fraction of sp³-hybridized carbons (Fsp3) is 0.273. The fourth-order valence-corrected chi connectivity index (χ4v) is 4.30. The molecule has 98 valence electrons. The van der Waals surface area contributed by atoms with E-state index >= 15 is 0 Å². The summed E-state index contributed by atoms with van der Waals surface area (Å²) in [5.74, 6) is 1.96. The number of terminal acetylenes is 1. The maximum absolute atomic E-state index is 11.8. The summed E-state index contributed by atoms with van der Waals surface area (Å²) in [6.45, 7) is 1.31. The normalized spacial score (nSPS) is 12.0.